The van der Waals surface area contributed by atoms with Crippen molar-refractivity contribution in [2.24, 2.45) is 11.3 Å². The van der Waals surface area contributed by atoms with E-state index in [9.17, 15) is 10.2 Å². The van der Waals surface area contributed by atoms with Gasteiger partial charge in [-0.15, -0.1) is 0 Å². The molecule has 1 aliphatic heterocycles. The molecular weight excluding hydrogens is 190 g/mol. The Balaban J connectivity index is 2.24. The third-order valence-corrected chi connectivity index (χ3v) is 3.76. The summed E-state index contributed by atoms with van der Waals surface area (Å²) in [5.41, 5.74) is -0.274. The monoisotopic (exact) mass is 215 g/mol. The molecule has 0 spiro atoms. The largest absolute Gasteiger partial charge is 0.396 e. The third kappa shape index (κ3) is 4.09. The molecule has 1 heterocycles. The van der Waals surface area contributed by atoms with Crippen molar-refractivity contribution in [1.82, 2.24) is 4.90 Å². The van der Waals surface area contributed by atoms with Crippen LogP contribution in [0.15, 0.2) is 0 Å². The highest BCUT2D eigenvalue weighted by Crippen LogP contribution is 2.28. The standard InChI is InChI=1S/C12H25NO2/c1-12(9-14,10-15)6-3-11-4-7-13(2)8-5-11/h11,14-15H,3-10H2,1-2H3. The minimum absolute atomic E-state index is 0.0934. The van der Waals surface area contributed by atoms with Gasteiger partial charge in [0.15, 0.2) is 0 Å². The first-order valence-corrected chi connectivity index (χ1v) is 6.00. The summed E-state index contributed by atoms with van der Waals surface area (Å²) in [6.45, 7) is 4.54. The molecule has 0 aromatic carbocycles. The predicted octanol–water partition coefficient (Wildman–Crippen LogP) is 1.10. The Hall–Kier alpha value is -0.120. The van der Waals surface area contributed by atoms with E-state index in [0.29, 0.717) is 0 Å². The quantitative estimate of drug-likeness (QED) is 0.722. The fourth-order valence-corrected chi connectivity index (χ4v) is 2.11. The van der Waals surface area contributed by atoms with Crippen LogP contribution in [0.4, 0.5) is 0 Å². The fourth-order valence-electron chi connectivity index (χ4n) is 2.11. The average Bonchev–Trinajstić information content (AvgIpc) is 2.28. The Morgan fingerprint density at radius 2 is 1.73 bits per heavy atom. The van der Waals surface area contributed by atoms with Gasteiger partial charge in [0.2, 0.25) is 0 Å². The van der Waals surface area contributed by atoms with Crippen LogP contribution in [0.25, 0.3) is 0 Å². The molecule has 0 radical (unpaired) electrons. The second kappa shape index (κ2) is 5.83. The molecule has 3 heteroatoms. The normalized spacial score (nSPS) is 20.8. The van der Waals surface area contributed by atoms with Gasteiger partial charge in [-0.05, 0) is 51.7 Å². The van der Waals surface area contributed by atoms with Crippen molar-refractivity contribution >= 4 is 0 Å². The van der Waals surface area contributed by atoms with Gasteiger partial charge in [0.1, 0.15) is 0 Å². The molecule has 2 N–H and O–H groups in total. The summed E-state index contributed by atoms with van der Waals surface area (Å²) < 4.78 is 0. The molecule has 1 fully saturated rings. The molecule has 15 heavy (non-hydrogen) atoms. The number of aliphatic hydroxyl groups is 2. The number of likely N-dealkylation sites (tertiary alicyclic amines) is 1. The third-order valence-electron chi connectivity index (χ3n) is 3.76. The lowest BCUT2D eigenvalue weighted by Gasteiger charge is -2.32. The maximum absolute atomic E-state index is 9.19. The Labute approximate surface area is 93.1 Å². The SMILES string of the molecule is CN1CCC(CCC(C)(CO)CO)CC1. The predicted molar refractivity (Wildman–Crippen MR) is 61.7 cm³/mol. The lowest BCUT2D eigenvalue weighted by Crippen LogP contribution is -2.32. The van der Waals surface area contributed by atoms with Gasteiger partial charge in [-0.25, -0.2) is 0 Å². The van der Waals surface area contributed by atoms with Crippen LogP contribution in [0.5, 0.6) is 0 Å². The van der Waals surface area contributed by atoms with Crippen LogP contribution in [0.2, 0.25) is 0 Å². The molecule has 1 rings (SSSR count). The van der Waals surface area contributed by atoms with Crippen molar-refractivity contribution in [1.29, 1.82) is 0 Å². The average molecular weight is 215 g/mol. The summed E-state index contributed by atoms with van der Waals surface area (Å²) in [6.07, 6.45) is 4.62. The summed E-state index contributed by atoms with van der Waals surface area (Å²) in [5, 5.41) is 18.4. The number of piperidine rings is 1. The molecule has 0 saturated carbocycles. The Bertz CT molecular complexity index is 172. The molecule has 0 bridgehead atoms. The first kappa shape index (κ1) is 12.9. The summed E-state index contributed by atoms with van der Waals surface area (Å²) >= 11 is 0. The van der Waals surface area contributed by atoms with Crippen LogP contribution in [0, 0.1) is 11.3 Å². The van der Waals surface area contributed by atoms with Gasteiger partial charge in [0.05, 0.1) is 13.2 Å². The van der Waals surface area contributed by atoms with E-state index in [4.69, 9.17) is 0 Å². The second-order valence-corrected chi connectivity index (χ2v) is 5.41. The van der Waals surface area contributed by atoms with Crippen molar-refractivity contribution in [3.8, 4) is 0 Å². The van der Waals surface area contributed by atoms with Gasteiger partial charge < -0.3 is 15.1 Å². The summed E-state index contributed by atoms with van der Waals surface area (Å²) in [6, 6.07) is 0. The minimum atomic E-state index is -0.274. The first-order chi connectivity index (χ1) is 7.09. The minimum Gasteiger partial charge on any atom is -0.396 e. The van der Waals surface area contributed by atoms with Crippen molar-refractivity contribution in [3.05, 3.63) is 0 Å². The number of aliphatic hydroxyl groups excluding tert-OH is 2. The van der Waals surface area contributed by atoms with Crippen molar-refractivity contribution in [2.45, 2.75) is 32.6 Å². The molecule has 0 aliphatic carbocycles. The number of hydrogen-bond donors (Lipinski definition) is 2. The maximum Gasteiger partial charge on any atom is 0.0506 e. The van der Waals surface area contributed by atoms with Crippen molar-refractivity contribution in [2.75, 3.05) is 33.4 Å². The Morgan fingerprint density at radius 3 is 2.20 bits per heavy atom. The van der Waals surface area contributed by atoms with E-state index in [1.807, 2.05) is 6.92 Å². The van der Waals surface area contributed by atoms with Gasteiger partial charge in [-0.1, -0.05) is 6.92 Å². The summed E-state index contributed by atoms with van der Waals surface area (Å²) in [5.74, 6) is 0.790. The molecule has 0 amide bonds. The van der Waals surface area contributed by atoms with Gasteiger partial charge in [-0.3, -0.25) is 0 Å². The van der Waals surface area contributed by atoms with Crippen LogP contribution < -0.4 is 0 Å². The molecule has 0 unspecified atom stereocenters. The number of rotatable bonds is 5. The van der Waals surface area contributed by atoms with E-state index in [1.165, 1.54) is 25.9 Å². The van der Waals surface area contributed by atoms with Gasteiger partial charge >= 0.3 is 0 Å². The Kier molecular flexibility index (Phi) is 5.03. The first-order valence-electron chi connectivity index (χ1n) is 6.00. The van der Waals surface area contributed by atoms with Crippen LogP contribution in [-0.4, -0.2) is 48.5 Å². The molecule has 0 atom stereocenters. The molecule has 3 nitrogen and oxygen atoms in total. The lowest BCUT2D eigenvalue weighted by molar-refractivity contribution is 0.0537. The maximum atomic E-state index is 9.19. The van der Waals surface area contributed by atoms with Gasteiger partial charge in [0.25, 0.3) is 0 Å². The zero-order valence-electron chi connectivity index (χ0n) is 10.1. The smallest absolute Gasteiger partial charge is 0.0506 e. The highest BCUT2D eigenvalue weighted by Gasteiger charge is 2.25. The molecule has 1 aliphatic rings. The van der Waals surface area contributed by atoms with Gasteiger partial charge in [-0.2, -0.15) is 0 Å². The van der Waals surface area contributed by atoms with Gasteiger partial charge in [0, 0.05) is 5.41 Å². The van der Waals surface area contributed by atoms with E-state index < -0.39 is 0 Å². The van der Waals surface area contributed by atoms with E-state index in [2.05, 4.69) is 11.9 Å². The van der Waals surface area contributed by atoms with Crippen LogP contribution in [-0.2, 0) is 0 Å². The summed E-state index contributed by atoms with van der Waals surface area (Å²) in [4.78, 5) is 2.37. The molecule has 90 valence electrons. The zero-order valence-corrected chi connectivity index (χ0v) is 10.1. The summed E-state index contributed by atoms with van der Waals surface area (Å²) in [7, 11) is 2.17. The van der Waals surface area contributed by atoms with E-state index >= 15 is 0 Å². The second-order valence-electron chi connectivity index (χ2n) is 5.41. The molecule has 0 aromatic rings. The number of hydrogen-bond acceptors (Lipinski definition) is 3. The highest BCUT2D eigenvalue weighted by molar-refractivity contribution is 4.76. The highest BCUT2D eigenvalue weighted by atomic mass is 16.3. The molecule has 0 aromatic heterocycles. The van der Waals surface area contributed by atoms with E-state index in [-0.39, 0.29) is 18.6 Å². The topological polar surface area (TPSA) is 43.7 Å². The van der Waals surface area contributed by atoms with Crippen molar-refractivity contribution < 1.29 is 10.2 Å². The van der Waals surface area contributed by atoms with Crippen LogP contribution in [0.3, 0.4) is 0 Å². The van der Waals surface area contributed by atoms with E-state index in [1.54, 1.807) is 0 Å². The Morgan fingerprint density at radius 1 is 1.20 bits per heavy atom. The van der Waals surface area contributed by atoms with Crippen LogP contribution >= 0.6 is 0 Å². The lowest BCUT2D eigenvalue weighted by atomic mass is 9.82. The van der Waals surface area contributed by atoms with E-state index in [0.717, 1.165) is 18.8 Å². The molecule has 1 saturated heterocycles. The zero-order chi connectivity index (χ0) is 11.3. The van der Waals surface area contributed by atoms with Crippen LogP contribution in [0.1, 0.15) is 32.6 Å². The van der Waals surface area contributed by atoms with Crippen molar-refractivity contribution in [3.63, 3.8) is 0 Å². The molecular formula is C12H25NO2. The number of nitrogens with zero attached hydrogens (tertiary/aromatic N) is 1. The fraction of sp³-hybridized carbons (Fsp3) is 1.00.